The van der Waals surface area contributed by atoms with E-state index in [1.54, 1.807) is 13.2 Å². The maximum Gasteiger partial charge on any atom is 0.305 e. The number of nitrogens with one attached hydrogen (secondary N) is 1. The van der Waals surface area contributed by atoms with E-state index in [0.29, 0.717) is 58.9 Å². The lowest BCUT2D eigenvalue weighted by atomic mass is 10.2. The average molecular weight is 474 g/mol. The van der Waals surface area contributed by atoms with Crippen LogP contribution in [0.4, 0.5) is 11.5 Å². The highest BCUT2D eigenvalue weighted by atomic mass is 35.5. The first-order chi connectivity index (χ1) is 16.1. The molecule has 8 nitrogen and oxygen atoms in total. The molecule has 0 spiro atoms. The van der Waals surface area contributed by atoms with Crippen LogP contribution in [0.25, 0.3) is 10.9 Å². The van der Waals surface area contributed by atoms with Gasteiger partial charge < -0.3 is 24.3 Å². The molecule has 0 saturated heterocycles. The van der Waals surface area contributed by atoms with Crippen molar-refractivity contribution in [2.45, 2.75) is 32.6 Å². The fourth-order valence-corrected chi connectivity index (χ4v) is 3.53. The van der Waals surface area contributed by atoms with Crippen LogP contribution in [-0.4, -0.2) is 43.4 Å². The number of fused-ring (bicyclic) bond motifs is 1. The van der Waals surface area contributed by atoms with Crippen LogP contribution in [0.2, 0.25) is 5.02 Å². The van der Waals surface area contributed by atoms with E-state index in [9.17, 15) is 4.79 Å². The third kappa shape index (κ3) is 6.38. The largest absolute Gasteiger partial charge is 0.493 e. The minimum Gasteiger partial charge on any atom is -0.493 e. The van der Waals surface area contributed by atoms with Crippen molar-refractivity contribution in [3.63, 3.8) is 0 Å². The van der Waals surface area contributed by atoms with Gasteiger partial charge in [0.1, 0.15) is 12.1 Å². The number of carbonyl (C=O) groups excluding carboxylic acids is 1. The lowest BCUT2D eigenvalue weighted by Crippen LogP contribution is -2.04. The van der Waals surface area contributed by atoms with Crippen molar-refractivity contribution >= 4 is 40.0 Å². The molecule has 0 saturated carbocycles. The molecule has 3 rings (SSSR count). The Labute approximate surface area is 198 Å². The number of aromatic nitrogens is 2. The molecule has 0 radical (unpaired) electrons. The third-order valence-electron chi connectivity index (χ3n) is 4.94. The van der Waals surface area contributed by atoms with Crippen molar-refractivity contribution < 1.29 is 23.7 Å². The number of para-hydroxylation sites is 1. The maximum atomic E-state index is 11.2. The molecule has 2 aromatic carbocycles. The van der Waals surface area contributed by atoms with Crippen LogP contribution in [-0.2, 0) is 9.53 Å². The summed E-state index contributed by atoms with van der Waals surface area (Å²) in [6.45, 7) is 2.88. The number of unbranched alkanes of at least 4 members (excludes halogenated alkanes) is 2. The van der Waals surface area contributed by atoms with E-state index in [0.717, 1.165) is 24.6 Å². The fourth-order valence-electron chi connectivity index (χ4n) is 3.30. The summed E-state index contributed by atoms with van der Waals surface area (Å²) in [6, 6.07) is 9.16. The quantitative estimate of drug-likeness (QED) is 0.270. The van der Waals surface area contributed by atoms with Gasteiger partial charge in [0.2, 0.25) is 0 Å². The number of hydrogen-bond acceptors (Lipinski definition) is 8. The predicted octanol–water partition coefficient (Wildman–Crippen LogP) is 5.55. The number of rotatable bonds is 12. The van der Waals surface area contributed by atoms with Crippen LogP contribution in [0.3, 0.4) is 0 Å². The van der Waals surface area contributed by atoms with Crippen LogP contribution in [0.5, 0.6) is 17.2 Å². The van der Waals surface area contributed by atoms with Crippen molar-refractivity contribution in [1.82, 2.24) is 9.97 Å². The number of ether oxygens (including phenoxy) is 4. The molecule has 1 aromatic heterocycles. The minimum absolute atomic E-state index is 0.198. The van der Waals surface area contributed by atoms with Crippen molar-refractivity contribution in [1.29, 1.82) is 0 Å². The van der Waals surface area contributed by atoms with E-state index in [2.05, 4.69) is 20.0 Å². The second-order valence-corrected chi connectivity index (χ2v) is 7.56. The van der Waals surface area contributed by atoms with Crippen molar-refractivity contribution in [3.8, 4) is 17.2 Å². The molecule has 176 valence electrons. The Hall–Kier alpha value is -3.26. The van der Waals surface area contributed by atoms with E-state index in [1.807, 2.05) is 31.2 Å². The summed E-state index contributed by atoms with van der Waals surface area (Å²) in [4.78, 5) is 20.0. The molecule has 0 unspecified atom stereocenters. The topological polar surface area (TPSA) is 91.8 Å². The summed E-state index contributed by atoms with van der Waals surface area (Å²) in [5, 5.41) is 4.58. The van der Waals surface area contributed by atoms with Crippen LogP contribution >= 0.6 is 11.6 Å². The van der Waals surface area contributed by atoms with Gasteiger partial charge in [-0.05, 0) is 44.4 Å². The summed E-state index contributed by atoms with van der Waals surface area (Å²) < 4.78 is 21.8. The summed E-state index contributed by atoms with van der Waals surface area (Å²) in [5.74, 6) is 2.15. The monoisotopic (exact) mass is 473 g/mol. The van der Waals surface area contributed by atoms with Gasteiger partial charge in [-0.15, -0.1) is 0 Å². The zero-order valence-electron chi connectivity index (χ0n) is 19.0. The third-order valence-corrected chi connectivity index (χ3v) is 5.24. The Morgan fingerprint density at radius 2 is 1.91 bits per heavy atom. The lowest BCUT2D eigenvalue weighted by molar-refractivity contribution is -0.140. The Kier molecular flexibility index (Phi) is 8.95. The number of halogens is 1. The second-order valence-electron chi connectivity index (χ2n) is 7.15. The van der Waals surface area contributed by atoms with Crippen molar-refractivity contribution in [2.75, 3.05) is 32.8 Å². The molecular weight excluding hydrogens is 446 g/mol. The van der Waals surface area contributed by atoms with E-state index < -0.39 is 0 Å². The van der Waals surface area contributed by atoms with Crippen molar-refractivity contribution in [3.05, 3.63) is 41.7 Å². The maximum absolute atomic E-state index is 11.2. The van der Waals surface area contributed by atoms with Crippen LogP contribution in [0.1, 0.15) is 32.6 Å². The predicted molar refractivity (Wildman–Crippen MR) is 128 cm³/mol. The zero-order chi connectivity index (χ0) is 23.6. The van der Waals surface area contributed by atoms with E-state index in [1.165, 1.54) is 13.4 Å². The molecule has 33 heavy (non-hydrogen) atoms. The molecule has 0 aliphatic carbocycles. The molecule has 3 aromatic rings. The second kappa shape index (κ2) is 12.1. The number of esters is 1. The number of anilines is 2. The Balaban J connectivity index is 1.77. The molecule has 0 bridgehead atoms. The first-order valence-electron chi connectivity index (χ1n) is 10.8. The molecule has 0 atom stereocenters. The summed E-state index contributed by atoms with van der Waals surface area (Å²) in [6.07, 6.45) is 4.28. The SMILES string of the molecule is CCOc1cc2c(Nc3cccc(Cl)c3OCCCCCC(=O)OC)ncnc2cc1OC. The number of hydrogen-bond donors (Lipinski definition) is 1. The van der Waals surface area contributed by atoms with Gasteiger partial charge in [-0.25, -0.2) is 9.97 Å². The molecule has 1 N–H and O–H groups in total. The van der Waals surface area contributed by atoms with Gasteiger partial charge in [-0.1, -0.05) is 17.7 Å². The average Bonchev–Trinajstić information content (AvgIpc) is 2.82. The number of methoxy groups -OCH3 is 2. The Morgan fingerprint density at radius 1 is 1.06 bits per heavy atom. The molecular formula is C24H28ClN3O5. The van der Waals surface area contributed by atoms with Crippen LogP contribution in [0, 0.1) is 0 Å². The highest BCUT2D eigenvalue weighted by molar-refractivity contribution is 6.32. The zero-order valence-corrected chi connectivity index (χ0v) is 19.8. The van der Waals surface area contributed by atoms with Gasteiger partial charge in [0.15, 0.2) is 17.2 Å². The highest BCUT2D eigenvalue weighted by Crippen LogP contribution is 2.38. The van der Waals surface area contributed by atoms with Crippen LogP contribution in [0.15, 0.2) is 36.7 Å². The van der Waals surface area contributed by atoms with Gasteiger partial charge in [0, 0.05) is 17.9 Å². The summed E-state index contributed by atoms with van der Waals surface area (Å²) >= 11 is 6.42. The fraction of sp³-hybridized carbons (Fsp3) is 0.375. The van der Waals surface area contributed by atoms with E-state index in [4.69, 9.17) is 25.8 Å². The lowest BCUT2D eigenvalue weighted by Gasteiger charge is -2.16. The van der Waals surface area contributed by atoms with Crippen molar-refractivity contribution in [2.24, 2.45) is 0 Å². The number of benzene rings is 2. The number of carbonyl (C=O) groups is 1. The highest BCUT2D eigenvalue weighted by Gasteiger charge is 2.14. The smallest absolute Gasteiger partial charge is 0.305 e. The molecule has 9 heteroatoms. The standard InChI is InChI=1S/C24H28ClN3O5/c1-4-32-21-13-16-19(14-20(21)30-2)26-15-27-24(16)28-18-10-8-9-17(25)23(18)33-12-7-5-6-11-22(29)31-3/h8-10,13-15H,4-7,11-12H2,1-3H3,(H,26,27,28). The molecule has 0 fully saturated rings. The van der Waals surface area contributed by atoms with Gasteiger partial charge in [-0.2, -0.15) is 0 Å². The molecule has 1 heterocycles. The summed E-state index contributed by atoms with van der Waals surface area (Å²) in [5.41, 5.74) is 1.40. The Bertz CT molecular complexity index is 1090. The molecule has 0 amide bonds. The normalized spacial score (nSPS) is 10.7. The van der Waals surface area contributed by atoms with Crippen LogP contribution < -0.4 is 19.5 Å². The molecule has 0 aliphatic rings. The van der Waals surface area contributed by atoms with E-state index in [-0.39, 0.29) is 5.97 Å². The summed E-state index contributed by atoms with van der Waals surface area (Å²) in [7, 11) is 2.99. The van der Waals surface area contributed by atoms with Gasteiger partial charge in [0.25, 0.3) is 0 Å². The van der Waals surface area contributed by atoms with E-state index >= 15 is 0 Å². The van der Waals surface area contributed by atoms with Gasteiger partial charge >= 0.3 is 5.97 Å². The van der Waals surface area contributed by atoms with Gasteiger partial charge in [-0.3, -0.25) is 4.79 Å². The number of nitrogens with zero attached hydrogens (tertiary/aromatic N) is 2. The Morgan fingerprint density at radius 3 is 2.67 bits per heavy atom. The first-order valence-corrected chi connectivity index (χ1v) is 11.2. The van der Waals surface area contributed by atoms with Gasteiger partial charge in [0.05, 0.1) is 43.7 Å². The minimum atomic E-state index is -0.198. The molecule has 0 aliphatic heterocycles. The first kappa shape index (κ1) is 24.4.